The van der Waals surface area contributed by atoms with Crippen molar-refractivity contribution in [2.75, 3.05) is 0 Å². The fourth-order valence-electron chi connectivity index (χ4n) is 2.87. The van der Waals surface area contributed by atoms with Gasteiger partial charge >= 0.3 is 0 Å². The van der Waals surface area contributed by atoms with E-state index in [0.717, 1.165) is 10.8 Å². The van der Waals surface area contributed by atoms with Gasteiger partial charge in [0.2, 0.25) is 5.71 Å². The van der Waals surface area contributed by atoms with Gasteiger partial charge in [0, 0.05) is 35.6 Å². The normalized spacial score (nSPS) is 15.9. The molecule has 4 aromatic rings. The molecular weight excluding hydrogens is 296 g/mol. The summed E-state index contributed by atoms with van der Waals surface area (Å²) in [4.78, 5) is 8.62. The third-order valence-corrected chi connectivity index (χ3v) is 3.90. The number of para-hydroxylation sites is 1. The van der Waals surface area contributed by atoms with Crippen LogP contribution in [0.4, 0.5) is 0 Å². The Balaban J connectivity index is 1.99. The molecule has 0 spiro atoms. The van der Waals surface area contributed by atoms with Crippen LogP contribution in [0.2, 0.25) is 0 Å². The summed E-state index contributed by atoms with van der Waals surface area (Å²) >= 11 is 0. The number of hydrogen-bond acceptors (Lipinski definition) is 3. The van der Waals surface area contributed by atoms with E-state index in [4.69, 9.17) is 11.3 Å². The first-order valence-electron chi connectivity index (χ1n) is 10.4. The molecule has 0 atom stereocenters. The summed E-state index contributed by atoms with van der Waals surface area (Å²) in [6, 6.07) is 10.9. The van der Waals surface area contributed by atoms with E-state index >= 15 is 0 Å². The Bertz CT molecular complexity index is 1210. The Morgan fingerprint density at radius 2 is 2.04 bits per heavy atom. The molecule has 0 saturated carbocycles. The largest absolute Gasteiger partial charge is 0.437 e. The SMILES string of the molecule is [2H]C([2H])([2H])c1cnc(-c2cccc3c2oc2ncccc23)cc1C([2H])([2H])C(C)C. The third-order valence-electron chi connectivity index (χ3n) is 3.90. The average Bonchev–Trinajstić information content (AvgIpc) is 3.05. The third kappa shape index (κ3) is 2.46. The molecule has 4 rings (SSSR count). The van der Waals surface area contributed by atoms with Crippen molar-refractivity contribution in [2.45, 2.75) is 27.1 Å². The zero-order valence-electron chi connectivity index (χ0n) is 18.5. The quantitative estimate of drug-likeness (QED) is 0.496. The van der Waals surface area contributed by atoms with Gasteiger partial charge in [-0.1, -0.05) is 26.0 Å². The van der Waals surface area contributed by atoms with Crippen LogP contribution in [0.25, 0.3) is 33.3 Å². The Hall–Kier alpha value is -2.68. The molecule has 0 N–H and O–H groups in total. The van der Waals surface area contributed by atoms with Crippen molar-refractivity contribution in [3.63, 3.8) is 0 Å². The lowest BCUT2D eigenvalue weighted by atomic mass is 9.97. The lowest BCUT2D eigenvalue weighted by Crippen LogP contribution is -1.99. The van der Waals surface area contributed by atoms with Crippen molar-refractivity contribution < 1.29 is 11.3 Å². The minimum Gasteiger partial charge on any atom is -0.437 e. The van der Waals surface area contributed by atoms with Crippen LogP contribution in [0.1, 0.15) is 31.8 Å². The van der Waals surface area contributed by atoms with Crippen LogP contribution in [0.15, 0.2) is 53.2 Å². The lowest BCUT2D eigenvalue weighted by Gasteiger charge is -2.10. The number of aryl methyl sites for hydroxylation is 1. The molecule has 0 saturated heterocycles. The van der Waals surface area contributed by atoms with Gasteiger partial charge in [-0.25, -0.2) is 4.98 Å². The molecule has 3 heteroatoms. The van der Waals surface area contributed by atoms with Gasteiger partial charge in [0.1, 0.15) is 5.58 Å². The molecule has 3 aromatic heterocycles. The predicted molar refractivity (Wildman–Crippen MR) is 98.0 cm³/mol. The maximum Gasteiger partial charge on any atom is 0.227 e. The number of furan rings is 1. The van der Waals surface area contributed by atoms with Gasteiger partial charge in [-0.15, -0.1) is 0 Å². The van der Waals surface area contributed by atoms with Gasteiger partial charge in [-0.2, -0.15) is 0 Å². The van der Waals surface area contributed by atoms with Crippen molar-refractivity contribution in [3.8, 4) is 11.3 Å². The van der Waals surface area contributed by atoms with Crippen molar-refractivity contribution in [1.82, 2.24) is 9.97 Å². The van der Waals surface area contributed by atoms with Crippen LogP contribution in [-0.2, 0) is 6.37 Å². The zero-order valence-corrected chi connectivity index (χ0v) is 13.5. The van der Waals surface area contributed by atoms with E-state index in [-0.39, 0.29) is 11.1 Å². The van der Waals surface area contributed by atoms with Gasteiger partial charge in [0.15, 0.2) is 0 Å². The Labute approximate surface area is 148 Å². The summed E-state index contributed by atoms with van der Waals surface area (Å²) in [5.41, 5.74) is 2.28. The first-order chi connectivity index (χ1) is 13.6. The van der Waals surface area contributed by atoms with Crippen LogP contribution in [0.3, 0.4) is 0 Å². The van der Waals surface area contributed by atoms with Gasteiger partial charge < -0.3 is 4.42 Å². The Kier molecular flexibility index (Phi) is 2.45. The second kappa shape index (κ2) is 5.75. The molecule has 24 heavy (non-hydrogen) atoms. The zero-order chi connectivity index (χ0) is 21.0. The smallest absolute Gasteiger partial charge is 0.227 e. The molecule has 0 aliphatic carbocycles. The summed E-state index contributed by atoms with van der Waals surface area (Å²) in [5.74, 6) is -0.412. The highest BCUT2D eigenvalue weighted by Crippen LogP contribution is 2.34. The van der Waals surface area contributed by atoms with E-state index < -0.39 is 19.1 Å². The highest BCUT2D eigenvalue weighted by molar-refractivity contribution is 6.08. The van der Waals surface area contributed by atoms with Gasteiger partial charge in [-0.05, 0) is 54.5 Å². The number of aromatic nitrogens is 2. The fraction of sp³-hybridized carbons (Fsp3) is 0.238. The van der Waals surface area contributed by atoms with Crippen molar-refractivity contribution in [3.05, 3.63) is 59.9 Å². The van der Waals surface area contributed by atoms with Crippen LogP contribution in [0, 0.1) is 12.8 Å². The highest BCUT2D eigenvalue weighted by atomic mass is 16.3. The molecule has 120 valence electrons. The summed E-state index contributed by atoms with van der Waals surface area (Å²) < 4.78 is 46.4. The standard InChI is InChI=1S/C21H20N2O/c1-13(2)10-15-11-19(23-12-14(15)3)18-7-4-6-16-17-8-5-9-22-21(17)24-20(16)18/h4-9,11-13H,10H2,1-3H3/i3D3,10D2. The number of benzene rings is 1. The van der Waals surface area contributed by atoms with E-state index in [1.165, 1.54) is 12.3 Å². The first-order valence-corrected chi connectivity index (χ1v) is 7.88. The number of hydrogen-bond donors (Lipinski definition) is 0. The maximum atomic E-state index is 8.51. The van der Waals surface area contributed by atoms with Crippen LogP contribution in [-0.4, -0.2) is 9.97 Å². The van der Waals surface area contributed by atoms with Gasteiger partial charge in [-0.3, -0.25) is 4.98 Å². The summed E-state index contributed by atoms with van der Waals surface area (Å²) in [7, 11) is 0. The van der Waals surface area contributed by atoms with E-state index in [1.807, 2.05) is 30.3 Å². The number of fused-ring (bicyclic) bond motifs is 3. The van der Waals surface area contributed by atoms with Crippen LogP contribution in [0.5, 0.6) is 0 Å². The predicted octanol–water partition coefficient (Wildman–Crippen LogP) is 5.55. The summed E-state index contributed by atoms with van der Waals surface area (Å²) in [6.07, 6.45) is 1.09. The minimum absolute atomic E-state index is 0.0709. The fourth-order valence-corrected chi connectivity index (χ4v) is 2.87. The van der Waals surface area contributed by atoms with Gasteiger partial charge in [0.25, 0.3) is 0 Å². The van der Waals surface area contributed by atoms with E-state index in [9.17, 15) is 0 Å². The van der Waals surface area contributed by atoms with E-state index in [1.54, 1.807) is 20.0 Å². The van der Waals surface area contributed by atoms with E-state index in [0.29, 0.717) is 22.6 Å². The number of nitrogens with zero attached hydrogens (tertiary/aromatic N) is 2. The molecule has 1 aromatic carbocycles. The average molecular weight is 321 g/mol. The molecule has 3 nitrogen and oxygen atoms in total. The molecule has 0 fully saturated rings. The molecule has 0 unspecified atom stereocenters. The number of rotatable bonds is 3. The van der Waals surface area contributed by atoms with Crippen LogP contribution >= 0.6 is 0 Å². The second-order valence-corrected chi connectivity index (χ2v) is 6.05. The molecule has 0 bridgehead atoms. The summed E-state index contributed by atoms with van der Waals surface area (Å²) in [6.45, 7) is 1.00. The number of pyridine rings is 2. The van der Waals surface area contributed by atoms with E-state index in [2.05, 4.69) is 9.97 Å². The minimum atomic E-state index is -2.46. The van der Waals surface area contributed by atoms with Crippen molar-refractivity contribution in [2.24, 2.45) is 5.92 Å². The molecule has 3 heterocycles. The monoisotopic (exact) mass is 321 g/mol. The topological polar surface area (TPSA) is 38.9 Å². The van der Waals surface area contributed by atoms with Crippen molar-refractivity contribution in [1.29, 1.82) is 0 Å². The molecule has 0 amide bonds. The molecule has 0 aliphatic heterocycles. The van der Waals surface area contributed by atoms with Gasteiger partial charge in [0.05, 0.1) is 5.69 Å². The first kappa shape index (κ1) is 10.2. The van der Waals surface area contributed by atoms with Crippen molar-refractivity contribution >= 4 is 22.1 Å². The lowest BCUT2D eigenvalue weighted by molar-refractivity contribution is 0.644. The maximum absolute atomic E-state index is 8.51. The molecule has 0 radical (unpaired) electrons. The van der Waals surface area contributed by atoms with Crippen LogP contribution < -0.4 is 0 Å². The molecule has 0 aliphatic rings. The summed E-state index contributed by atoms with van der Waals surface area (Å²) in [5, 5.41) is 1.75. The Morgan fingerprint density at radius 3 is 2.88 bits per heavy atom. The Morgan fingerprint density at radius 1 is 1.17 bits per heavy atom. The molecular formula is C21H20N2O. The highest BCUT2D eigenvalue weighted by Gasteiger charge is 2.14. The second-order valence-electron chi connectivity index (χ2n) is 6.05.